The molecule has 0 aromatic heterocycles. The molecule has 1 heterocycles. The van der Waals surface area contributed by atoms with E-state index in [2.05, 4.69) is 5.32 Å². The molecule has 1 unspecified atom stereocenters. The maximum atomic E-state index is 9.50. The SMILES string of the molecule is CC(C)(O)C1COCCN1. The van der Waals surface area contributed by atoms with Crippen LogP contribution in [0.4, 0.5) is 0 Å². The highest BCUT2D eigenvalue weighted by Gasteiger charge is 2.27. The Balaban J connectivity index is 2.39. The van der Waals surface area contributed by atoms with Crippen LogP contribution in [0.1, 0.15) is 13.8 Å². The van der Waals surface area contributed by atoms with E-state index in [-0.39, 0.29) is 6.04 Å². The van der Waals surface area contributed by atoms with Gasteiger partial charge in [0.25, 0.3) is 0 Å². The number of morpholine rings is 1. The Morgan fingerprint density at radius 2 is 2.30 bits per heavy atom. The van der Waals surface area contributed by atoms with Gasteiger partial charge >= 0.3 is 0 Å². The summed E-state index contributed by atoms with van der Waals surface area (Å²) < 4.78 is 5.19. The summed E-state index contributed by atoms with van der Waals surface area (Å²) in [5.41, 5.74) is -0.666. The van der Waals surface area contributed by atoms with Crippen LogP contribution in [0.15, 0.2) is 0 Å². The van der Waals surface area contributed by atoms with Crippen LogP contribution in [-0.4, -0.2) is 36.5 Å². The molecule has 10 heavy (non-hydrogen) atoms. The predicted octanol–water partition coefficient (Wildman–Crippen LogP) is -0.254. The van der Waals surface area contributed by atoms with E-state index >= 15 is 0 Å². The van der Waals surface area contributed by atoms with Crippen LogP contribution < -0.4 is 5.32 Å². The second-order valence-electron chi connectivity index (χ2n) is 3.24. The topological polar surface area (TPSA) is 41.5 Å². The largest absolute Gasteiger partial charge is 0.389 e. The van der Waals surface area contributed by atoms with Crippen molar-refractivity contribution in [3.8, 4) is 0 Å². The Kier molecular flexibility index (Phi) is 2.28. The van der Waals surface area contributed by atoms with Crippen molar-refractivity contribution in [1.29, 1.82) is 0 Å². The van der Waals surface area contributed by atoms with Crippen molar-refractivity contribution in [3.05, 3.63) is 0 Å². The summed E-state index contributed by atoms with van der Waals surface area (Å²) in [7, 11) is 0. The Hall–Kier alpha value is -0.120. The van der Waals surface area contributed by atoms with E-state index in [1.54, 1.807) is 13.8 Å². The zero-order chi connectivity index (χ0) is 7.61. The van der Waals surface area contributed by atoms with Crippen molar-refractivity contribution < 1.29 is 9.84 Å². The van der Waals surface area contributed by atoms with Crippen LogP contribution in [0.2, 0.25) is 0 Å². The summed E-state index contributed by atoms with van der Waals surface area (Å²) in [6.07, 6.45) is 0. The number of nitrogens with one attached hydrogen (secondary N) is 1. The van der Waals surface area contributed by atoms with Gasteiger partial charge in [-0.05, 0) is 13.8 Å². The lowest BCUT2D eigenvalue weighted by atomic mass is 9.99. The second-order valence-corrected chi connectivity index (χ2v) is 3.24. The number of aliphatic hydroxyl groups is 1. The molecular formula is C7H15NO2. The van der Waals surface area contributed by atoms with Crippen LogP contribution in [0, 0.1) is 0 Å². The molecule has 0 aromatic carbocycles. The minimum atomic E-state index is -0.666. The number of rotatable bonds is 1. The Morgan fingerprint density at radius 3 is 2.60 bits per heavy atom. The highest BCUT2D eigenvalue weighted by Crippen LogP contribution is 2.10. The van der Waals surface area contributed by atoms with E-state index in [4.69, 9.17) is 4.74 Å². The molecule has 1 aliphatic heterocycles. The third-order valence-electron chi connectivity index (χ3n) is 1.77. The minimum absolute atomic E-state index is 0.0845. The molecule has 1 saturated heterocycles. The lowest BCUT2D eigenvalue weighted by molar-refractivity contribution is -0.0284. The summed E-state index contributed by atoms with van der Waals surface area (Å²) >= 11 is 0. The van der Waals surface area contributed by atoms with E-state index in [9.17, 15) is 5.11 Å². The van der Waals surface area contributed by atoms with Gasteiger partial charge in [-0.25, -0.2) is 0 Å². The van der Waals surface area contributed by atoms with Crippen molar-refractivity contribution >= 4 is 0 Å². The van der Waals surface area contributed by atoms with E-state index in [1.165, 1.54) is 0 Å². The first-order chi connectivity index (χ1) is 4.61. The average molecular weight is 145 g/mol. The molecule has 0 amide bonds. The monoisotopic (exact) mass is 145 g/mol. The Morgan fingerprint density at radius 1 is 1.60 bits per heavy atom. The first kappa shape index (κ1) is 7.98. The number of ether oxygens (including phenoxy) is 1. The molecule has 1 aliphatic rings. The molecule has 1 fully saturated rings. The number of hydrogen-bond acceptors (Lipinski definition) is 3. The van der Waals surface area contributed by atoms with Crippen molar-refractivity contribution in [3.63, 3.8) is 0 Å². The highest BCUT2D eigenvalue weighted by molar-refractivity contribution is 4.85. The molecule has 0 aromatic rings. The van der Waals surface area contributed by atoms with Crippen LogP contribution in [0.5, 0.6) is 0 Å². The summed E-state index contributed by atoms with van der Waals surface area (Å²) in [5.74, 6) is 0. The third kappa shape index (κ3) is 1.94. The molecule has 0 radical (unpaired) electrons. The minimum Gasteiger partial charge on any atom is -0.389 e. The maximum Gasteiger partial charge on any atom is 0.0766 e. The van der Waals surface area contributed by atoms with Crippen molar-refractivity contribution in [2.24, 2.45) is 0 Å². The van der Waals surface area contributed by atoms with Gasteiger partial charge in [0.2, 0.25) is 0 Å². The molecule has 0 saturated carbocycles. The Labute approximate surface area is 61.4 Å². The average Bonchev–Trinajstić information content (AvgIpc) is 1.88. The van der Waals surface area contributed by atoms with Gasteiger partial charge in [0.1, 0.15) is 0 Å². The molecule has 1 atom stereocenters. The van der Waals surface area contributed by atoms with E-state index in [0.29, 0.717) is 6.61 Å². The van der Waals surface area contributed by atoms with Crippen LogP contribution >= 0.6 is 0 Å². The normalized spacial score (nSPS) is 28.5. The van der Waals surface area contributed by atoms with Crippen molar-refractivity contribution in [2.45, 2.75) is 25.5 Å². The molecular weight excluding hydrogens is 130 g/mol. The molecule has 3 nitrogen and oxygen atoms in total. The van der Waals surface area contributed by atoms with E-state index in [1.807, 2.05) is 0 Å². The van der Waals surface area contributed by atoms with Crippen LogP contribution in [0.3, 0.4) is 0 Å². The van der Waals surface area contributed by atoms with Crippen LogP contribution in [-0.2, 0) is 4.74 Å². The quantitative estimate of drug-likeness (QED) is 0.534. The first-order valence-electron chi connectivity index (χ1n) is 3.64. The smallest absolute Gasteiger partial charge is 0.0766 e. The predicted molar refractivity (Wildman–Crippen MR) is 38.9 cm³/mol. The Bertz CT molecular complexity index is 103. The fraction of sp³-hybridized carbons (Fsp3) is 1.00. The van der Waals surface area contributed by atoms with Gasteiger partial charge in [0.15, 0.2) is 0 Å². The van der Waals surface area contributed by atoms with Crippen molar-refractivity contribution in [2.75, 3.05) is 19.8 Å². The zero-order valence-corrected chi connectivity index (χ0v) is 6.55. The fourth-order valence-corrected chi connectivity index (χ4v) is 1.02. The van der Waals surface area contributed by atoms with Gasteiger partial charge in [-0.1, -0.05) is 0 Å². The lowest BCUT2D eigenvalue weighted by Gasteiger charge is -2.33. The van der Waals surface area contributed by atoms with E-state index < -0.39 is 5.60 Å². The van der Waals surface area contributed by atoms with Crippen molar-refractivity contribution in [1.82, 2.24) is 5.32 Å². The van der Waals surface area contributed by atoms with Gasteiger partial charge < -0.3 is 15.2 Å². The first-order valence-corrected chi connectivity index (χ1v) is 3.64. The van der Waals surface area contributed by atoms with Gasteiger partial charge in [-0.3, -0.25) is 0 Å². The molecule has 0 bridgehead atoms. The maximum absolute atomic E-state index is 9.50. The standard InChI is InChI=1S/C7H15NO2/c1-7(2,9)6-5-10-4-3-8-6/h6,8-9H,3-5H2,1-2H3. The molecule has 0 spiro atoms. The third-order valence-corrected chi connectivity index (χ3v) is 1.77. The molecule has 0 aliphatic carbocycles. The van der Waals surface area contributed by atoms with E-state index in [0.717, 1.165) is 13.2 Å². The summed E-state index contributed by atoms with van der Waals surface area (Å²) in [4.78, 5) is 0. The van der Waals surface area contributed by atoms with Crippen LogP contribution in [0.25, 0.3) is 0 Å². The van der Waals surface area contributed by atoms with Gasteiger partial charge in [-0.2, -0.15) is 0 Å². The summed E-state index contributed by atoms with van der Waals surface area (Å²) in [6, 6.07) is 0.0845. The fourth-order valence-electron chi connectivity index (χ4n) is 1.02. The van der Waals surface area contributed by atoms with Gasteiger partial charge in [-0.15, -0.1) is 0 Å². The van der Waals surface area contributed by atoms with Gasteiger partial charge in [0.05, 0.1) is 24.9 Å². The second kappa shape index (κ2) is 2.86. The zero-order valence-electron chi connectivity index (χ0n) is 6.55. The molecule has 1 rings (SSSR count). The number of hydrogen-bond donors (Lipinski definition) is 2. The molecule has 3 heteroatoms. The molecule has 2 N–H and O–H groups in total. The summed E-state index contributed by atoms with van der Waals surface area (Å²) in [6.45, 7) is 5.80. The lowest BCUT2D eigenvalue weighted by Crippen LogP contribution is -2.53. The summed E-state index contributed by atoms with van der Waals surface area (Å²) in [5, 5.41) is 12.7. The van der Waals surface area contributed by atoms with Gasteiger partial charge in [0, 0.05) is 6.54 Å². The highest BCUT2D eigenvalue weighted by atomic mass is 16.5. The molecule has 60 valence electrons.